The van der Waals surface area contributed by atoms with E-state index in [1.54, 1.807) is 0 Å². The molecule has 1 saturated carbocycles. The Bertz CT molecular complexity index is 276. The predicted octanol–water partition coefficient (Wildman–Crippen LogP) is 3.01. The third-order valence-corrected chi connectivity index (χ3v) is 4.17. The lowest BCUT2D eigenvalue weighted by atomic mass is 9.99. The van der Waals surface area contributed by atoms with Crippen molar-refractivity contribution in [3.05, 3.63) is 11.3 Å². The van der Waals surface area contributed by atoms with Crippen LogP contribution in [-0.4, -0.2) is 21.2 Å². The second-order valence-electron chi connectivity index (χ2n) is 5.68. The van der Waals surface area contributed by atoms with Gasteiger partial charge in [0.05, 0.1) is 21.1 Å². The van der Waals surface area contributed by atoms with Crippen LogP contribution in [0.4, 0.5) is 0 Å². The Morgan fingerprint density at radius 1 is 1.40 bits per heavy atom. The van der Waals surface area contributed by atoms with Crippen LogP contribution in [0.1, 0.15) is 19.8 Å². The zero-order valence-electron chi connectivity index (χ0n) is 10.5. The molecule has 0 aromatic heterocycles. The zero-order chi connectivity index (χ0) is 11.6. The van der Waals surface area contributed by atoms with Crippen LogP contribution in [0, 0.1) is 11.8 Å². The number of hydrogen-bond donors (Lipinski definition) is 0. The lowest BCUT2D eigenvalue weighted by molar-refractivity contribution is -0.146. The van der Waals surface area contributed by atoms with Gasteiger partial charge in [0.2, 0.25) is 0 Å². The van der Waals surface area contributed by atoms with Crippen molar-refractivity contribution >= 4 is 14.0 Å². The summed E-state index contributed by atoms with van der Waals surface area (Å²) in [6, 6.07) is 0. The Morgan fingerprint density at radius 3 is 2.47 bits per heavy atom. The summed E-state index contributed by atoms with van der Waals surface area (Å²) >= 11 is 0. The maximum Gasteiger partial charge on any atom is 0.309 e. The minimum Gasteiger partial charge on any atom is -0.469 e. The monoisotopic (exact) mass is 226 g/mol. The maximum absolute atomic E-state index is 11.5. The molecule has 0 aromatic rings. The van der Waals surface area contributed by atoms with Crippen molar-refractivity contribution in [1.29, 1.82) is 0 Å². The molecule has 1 rings (SSSR count). The van der Waals surface area contributed by atoms with Gasteiger partial charge in [-0.15, -0.1) is 0 Å². The highest BCUT2D eigenvalue weighted by molar-refractivity contribution is 6.81. The quantitative estimate of drug-likeness (QED) is 0.534. The molecule has 1 fully saturated rings. The van der Waals surface area contributed by atoms with Crippen LogP contribution in [0.15, 0.2) is 11.3 Å². The smallest absolute Gasteiger partial charge is 0.309 e. The van der Waals surface area contributed by atoms with Crippen molar-refractivity contribution in [2.24, 2.45) is 11.8 Å². The van der Waals surface area contributed by atoms with Gasteiger partial charge >= 0.3 is 5.97 Å². The van der Waals surface area contributed by atoms with E-state index in [4.69, 9.17) is 4.74 Å². The van der Waals surface area contributed by atoms with E-state index >= 15 is 0 Å². The van der Waals surface area contributed by atoms with E-state index in [-0.39, 0.29) is 11.9 Å². The first-order valence-electron chi connectivity index (χ1n) is 5.62. The highest BCUT2D eigenvalue weighted by Gasteiger charge is 2.33. The molecular formula is C12H22O2Si. The molecule has 2 unspecified atom stereocenters. The summed E-state index contributed by atoms with van der Waals surface area (Å²) in [5.41, 5.74) is 3.91. The molecule has 0 aliphatic heterocycles. The van der Waals surface area contributed by atoms with Gasteiger partial charge in [0.1, 0.15) is 0 Å². The molecule has 0 heterocycles. The standard InChI is InChI=1S/C12H22O2Si/c1-9-6-10(8-15(3,4)5)7-11(9)12(13)14-2/h8-9,11H,6-7H2,1-5H3/b10-8+. The molecule has 2 atom stereocenters. The summed E-state index contributed by atoms with van der Waals surface area (Å²) in [6.45, 7) is 9.13. The van der Waals surface area contributed by atoms with Gasteiger partial charge in [-0.05, 0) is 18.8 Å². The van der Waals surface area contributed by atoms with Crippen molar-refractivity contribution in [3.8, 4) is 0 Å². The van der Waals surface area contributed by atoms with Crippen molar-refractivity contribution in [2.75, 3.05) is 7.11 Å². The Kier molecular flexibility index (Phi) is 3.76. The van der Waals surface area contributed by atoms with Crippen LogP contribution < -0.4 is 0 Å². The first kappa shape index (κ1) is 12.5. The molecule has 0 radical (unpaired) electrons. The molecule has 2 nitrogen and oxygen atoms in total. The van der Waals surface area contributed by atoms with E-state index in [9.17, 15) is 4.79 Å². The Morgan fingerprint density at radius 2 is 2.00 bits per heavy atom. The van der Waals surface area contributed by atoms with Crippen LogP contribution in [-0.2, 0) is 9.53 Å². The molecule has 0 aromatic carbocycles. The lowest BCUT2D eigenvalue weighted by Crippen LogP contribution is -2.18. The van der Waals surface area contributed by atoms with E-state index in [0.717, 1.165) is 12.8 Å². The SMILES string of the molecule is COC(=O)C1C/C(=C/[Si](C)(C)C)CC1C. The molecule has 0 saturated heterocycles. The molecule has 15 heavy (non-hydrogen) atoms. The molecule has 0 amide bonds. The van der Waals surface area contributed by atoms with E-state index < -0.39 is 8.07 Å². The fraction of sp³-hybridized carbons (Fsp3) is 0.750. The average Bonchev–Trinajstić information content (AvgIpc) is 2.42. The fourth-order valence-corrected chi connectivity index (χ4v) is 3.78. The number of carbonyl (C=O) groups is 1. The number of ether oxygens (including phenoxy) is 1. The lowest BCUT2D eigenvalue weighted by Gasteiger charge is -2.11. The third-order valence-electron chi connectivity index (χ3n) is 2.89. The number of hydrogen-bond acceptors (Lipinski definition) is 2. The van der Waals surface area contributed by atoms with Gasteiger partial charge in [-0.2, -0.15) is 0 Å². The van der Waals surface area contributed by atoms with Gasteiger partial charge in [-0.1, -0.05) is 37.8 Å². The van der Waals surface area contributed by atoms with Crippen molar-refractivity contribution < 1.29 is 9.53 Å². The molecule has 1 aliphatic carbocycles. The third kappa shape index (κ3) is 3.49. The Balaban J connectivity index is 2.72. The summed E-state index contributed by atoms with van der Waals surface area (Å²) in [6.07, 6.45) is 1.99. The van der Waals surface area contributed by atoms with E-state index in [2.05, 4.69) is 32.3 Å². The van der Waals surface area contributed by atoms with E-state index in [0.29, 0.717) is 5.92 Å². The van der Waals surface area contributed by atoms with Crippen molar-refractivity contribution in [3.63, 3.8) is 0 Å². The second-order valence-corrected chi connectivity index (χ2v) is 10.7. The zero-order valence-corrected chi connectivity index (χ0v) is 11.5. The van der Waals surface area contributed by atoms with Gasteiger partial charge in [0.15, 0.2) is 0 Å². The van der Waals surface area contributed by atoms with Crippen LogP contribution in [0.2, 0.25) is 19.6 Å². The van der Waals surface area contributed by atoms with Crippen LogP contribution in [0.3, 0.4) is 0 Å². The number of carbonyl (C=O) groups excluding carboxylic acids is 1. The van der Waals surface area contributed by atoms with Gasteiger partial charge < -0.3 is 4.74 Å². The fourth-order valence-electron chi connectivity index (χ4n) is 2.32. The summed E-state index contributed by atoms with van der Waals surface area (Å²) < 4.78 is 4.83. The van der Waals surface area contributed by atoms with Gasteiger partial charge in [-0.3, -0.25) is 4.79 Å². The van der Waals surface area contributed by atoms with Crippen molar-refractivity contribution in [1.82, 2.24) is 0 Å². The largest absolute Gasteiger partial charge is 0.469 e. The molecule has 0 N–H and O–H groups in total. The van der Waals surface area contributed by atoms with Gasteiger partial charge in [-0.25, -0.2) is 0 Å². The first-order valence-corrected chi connectivity index (χ1v) is 9.19. The average molecular weight is 226 g/mol. The summed E-state index contributed by atoms with van der Waals surface area (Å²) in [7, 11) is 0.341. The highest BCUT2D eigenvalue weighted by Crippen LogP contribution is 2.37. The highest BCUT2D eigenvalue weighted by atomic mass is 28.3. The van der Waals surface area contributed by atoms with Crippen LogP contribution >= 0.6 is 0 Å². The normalized spacial score (nSPS) is 29.5. The van der Waals surface area contributed by atoms with Gasteiger partial charge in [0, 0.05) is 0 Å². The Labute approximate surface area is 93.7 Å². The van der Waals surface area contributed by atoms with Gasteiger partial charge in [0.25, 0.3) is 0 Å². The topological polar surface area (TPSA) is 26.3 Å². The Hall–Kier alpha value is -0.573. The molecular weight excluding hydrogens is 204 g/mol. The van der Waals surface area contributed by atoms with E-state index in [1.807, 2.05) is 0 Å². The van der Waals surface area contributed by atoms with E-state index in [1.165, 1.54) is 12.7 Å². The second kappa shape index (κ2) is 4.52. The number of esters is 1. The number of rotatable bonds is 2. The molecule has 1 aliphatic rings. The number of allylic oxidation sites excluding steroid dienone is 1. The van der Waals surface area contributed by atoms with Crippen LogP contribution in [0.25, 0.3) is 0 Å². The summed E-state index contributed by atoms with van der Waals surface area (Å²) in [5, 5.41) is 0. The maximum atomic E-state index is 11.5. The summed E-state index contributed by atoms with van der Waals surface area (Å²) in [4.78, 5) is 11.5. The minimum atomic E-state index is -1.14. The molecule has 3 heteroatoms. The number of methoxy groups -OCH3 is 1. The van der Waals surface area contributed by atoms with Crippen molar-refractivity contribution in [2.45, 2.75) is 39.4 Å². The first-order chi connectivity index (χ1) is 6.83. The molecule has 0 bridgehead atoms. The van der Waals surface area contributed by atoms with Crippen LogP contribution in [0.5, 0.6) is 0 Å². The molecule has 86 valence electrons. The summed E-state index contributed by atoms with van der Waals surface area (Å²) in [5.74, 6) is 0.499. The molecule has 0 spiro atoms. The predicted molar refractivity (Wildman–Crippen MR) is 65.3 cm³/mol. The minimum absolute atomic E-state index is 0.0403.